The zero-order valence-corrected chi connectivity index (χ0v) is 21.3. The smallest absolute Gasteiger partial charge is 0.243 e. The third-order valence-electron chi connectivity index (χ3n) is 5.88. The second-order valence-corrected chi connectivity index (χ2v) is 10.2. The van der Waals surface area contributed by atoms with Crippen LogP contribution in [0.1, 0.15) is 18.3 Å². The van der Waals surface area contributed by atoms with Crippen molar-refractivity contribution in [3.63, 3.8) is 0 Å². The molecule has 0 spiro atoms. The van der Waals surface area contributed by atoms with Crippen molar-refractivity contribution in [2.75, 3.05) is 16.8 Å². The number of aromatic nitrogens is 4. The van der Waals surface area contributed by atoms with Crippen LogP contribution in [0.2, 0.25) is 0 Å². The number of sulfonamides is 1. The van der Waals surface area contributed by atoms with Crippen molar-refractivity contribution in [2.24, 2.45) is 10.9 Å². The lowest BCUT2D eigenvalue weighted by molar-refractivity contribution is -0.115. The molecule has 3 aromatic carbocycles. The molecule has 0 fully saturated rings. The fraction of sp³-hybridized carbons (Fsp3) is 0.160. The predicted molar refractivity (Wildman–Crippen MR) is 144 cm³/mol. The maximum Gasteiger partial charge on any atom is 0.243 e. The summed E-state index contributed by atoms with van der Waals surface area (Å²) in [6.45, 7) is 1.93. The average Bonchev–Trinajstić information content (AvgIpc) is 3.40. The average molecular weight is 534 g/mol. The van der Waals surface area contributed by atoms with Gasteiger partial charge in [0.2, 0.25) is 15.9 Å². The summed E-state index contributed by atoms with van der Waals surface area (Å²) in [5, 5.41) is 30.0. The topological polar surface area (TPSA) is 197 Å². The van der Waals surface area contributed by atoms with Gasteiger partial charge in [-0.3, -0.25) is 10.2 Å². The first-order chi connectivity index (χ1) is 18.1. The van der Waals surface area contributed by atoms with Gasteiger partial charge in [0.15, 0.2) is 5.82 Å². The molecule has 0 aliphatic rings. The Morgan fingerprint density at radius 2 is 1.84 bits per heavy atom. The summed E-state index contributed by atoms with van der Waals surface area (Å²) in [7, 11) is -3.90. The van der Waals surface area contributed by atoms with Crippen LogP contribution in [0.4, 0.5) is 11.4 Å². The first-order valence-electron chi connectivity index (χ1n) is 11.6. The number of hydrogen-bond acceptors (Lipinski definition) is 8. The quantitative estimate of drug-likeness (QED) is 0.150. The molecule has 12 nitrogen and oxygen atoms in total. The summed E-state index contributed by atoms with van der Waals surface area (Å²) in [4.78, 5) is 15.0. The molecule has 4 rings (SSSR count). The molecule has 7 N–H and O–H groups in total. The summed E-state index contributed by atoms with van der Waals surface area (Å²) in [6.07, 6.45) is 0.423. The van der Waals surface area contributed by atoms with Crippen LogP contribution in [-0.4, -0.2) is 53.4 Å². The molecular formula is C25H27N9O3S. The van der Waals surface area contributed by atoms with Crippen molar-refractivity contribution in [3.8, 4) is 11.1 Å². The minimum absolute atomic E-state index is 0.00359. The number of nitrogen functional groups attached to an aromatic ring is 1. The third kappa shape index (κ3) is 6.38. The molecule has 1 heterocycles. The highest BCUT2D eigenvalue weighted by Crippen LogP contribution is 2.28. The van der Waals surface area contributed by atoms with E-state index < -0.39 is 10.0 Å². The molecule has 1 amide bonds. The van der Waals surface area contributed by atoms with Crippen LogP contribution in [0.3, 0.4) is 0 Å². The van der Waals surface area contributed by atoms with Crippen molar-refractivity contribution in [3.05, 3.63) is 84.2 Å². The molecule has 38 heavy (non-hydrogen) atoms. The maximum absolute atomic E-state index is 13.1. The Labute approximate surface area is 219 Å². The second kappa shape index (κ2) is 11.2. The number of benzene rings is 3. The number of hydrogen-bond donors (Lipinski definition) is 5. The largest absolute Gasteiger partial charge is 0.384 e. The van der Waals surface area contributed by atoms with E-state index in [1.165, 1.54) is 6.07 Å². The zero-order chi connectivity index (χ0) is 27.3. The van der Waals surface area contributed by atoms with E-state index >= 15 is 0 Å². The lowest BCUT2D eigenvalue weighted by atomic mass is 10.1. The van der Waals surface area contributed by atoms with Crippen molar-refractivity contribution in [2.45, 2.75) is 24.3 Å². The number of nitrogens with two attached hydrogens (primary N) is 2. The van der Waals surface area contributed by atoms with Gasteiger partial charge >= 0.3 is 0 Å². The number of anilines is 2. The van der Waals surface area contributed by atoms with Crippen LogP contribution in [0.25, 0.3) is 11.1 Å². The van der Waals surface area contributed by atoms with Gasteiger partial charge in [0.1, 0.15) is 5.84 Å². The van der Waals surface area contributed by atoms with Crippen molar-refractivity contribution in [1.29, 1.82) is 5.41 Å². The Balaban J connectivity index is 1.53. The summed E-state index contributed by atoms with van der Waals surface area (Å²) in [6, 6.07) is 20.2. The van der Waals surface area contributed by atoms with Crippen LogP contribution in [0.15, 0.2) is 77.7 Å². The van der Waals surface area contributed by atoms with E-state index in [-0.39, 0.29) is 29.2 Å². The summed E-state index contributed by atoms with van der Waals surface area (Å²) < 4.78 is 23.9. The second-order valence-electron chi connectivity index (χ2n) is 8.64. The van der Waals surface area contributed by atoms with Crippen molar-refractivity contribution < 1.29 is 13.2 Å². The Bertz CT molecular complexity index is 1540. The molecule has 0 saturated heterocycles. The van der Waals surface area contributed by atoms with E-state index in [2.05, 4.69) is 25.9 Å². The first-order valence-corrected chi connectivity index (χ1v) is 13.1. The molecule has 4 aromatic rings. The summed E-state index contributed by atoms with van der Waals surface area (Å²) in [5.41, 5.74) is 8.57. The molecule has 196 valence electrons. The van der Waals surface area contributed by atoms with E-state index in [4.69, 9.17) is 16.3 Å². The lowest BCUT2D eigenvalue weighted by Gasteiger charge is -2.30. The number of H-pyrrole nitrogens is 1. The van der Waals surface area contributed by atoms with Gasteiger partial charge in [0.25, 0.3) is 0 Å². The number of aromatic amines is 1. The number of primary sulfonamides is 1. The van der Waals surface area contributed by atoms with Gasteiger partial charge in [-0.1, -0.05) is 47.7 Å². The van der Waals surface area contributed by atoms with Gasteiger partial charge in [-0.05, 0) is 42.8 Å². The number of tetrazole rings is 1. The summed E-state index contributed by atoms with van der Waals surface area (Å²) >= 11 is 0. The lowest BCUT2D eigenvalue weighted by Crippen LogP contribution is -2.41. The van der Waals surface area contributed by atoms with E-state index in [0.717, 1.165) is 0 Å². The Hall–Kier alpha value is -4.62. The van der Waals surface area contributed by atoms with Gasteiger partial charge in [0, 0.05) is 35.0 Å². The molecule has 1 atom stereocenters. The standard InChI is InChI=1S/C25H27N9O3S/c1-16(13-23-30-32-33-31-23)34(20-6-4-5-18(14-20)25(26)27)15-24(35)29-19-11-9-17(10-12-19)21-7-2-3-8-22(21)38(28,36)37/h2-12,14,16H,13,15H2,1H3,(H3,26,27)(H,29,35)(H2,28,36,37)(H,30,31,32,33). The van der Waals surface area contributed by atoms with Crippen LogP contribution in [0.5, 0.6) is 0 Å². The van der Waals surface area contributed by atoms with Crippen molar-refractivity contribution in [1.82, 2.24) is 20.6 Å². The number of amides is 1. The van der Waals surface area contributed by atoms with Crippen LogP contribution < -0.4 is 21.1 Å². The summed E-state index contributed by atoms with van der Waals surface area (Å²) in [5.74, 6) is 0.142. The van der Waals surface area contributed by atoms with Gasteiger partial charge in [-0.25, -0.2) is 13.6 Å². The number of carbonyl (C=O) groups is 1. The Morgan fingerprint density at radius 1 is 1.11 bits per heavy atom. The molecule has 1 aromatic heterocycles. The molecule has 1 unspecified atom stereocenters. The minimum atomic E-state index is -3.90. The van der Waals surface area contributed by atoms with Gasteiger partial charge in [-0.2, -0.15) is 5.21 Å². The molecule has 0 saturated carbocycles. The van der Waals surface area contributed by atoms with E-state index in [9.17, 15) is 13.2 Å². The molecule has 0 aliphatic heterocycles. The number of nitrogens with one attached hydrogen (secondary N) is 3. The maximum atomic E-state index is 13.1. The Kier molecular flexibility index (Phi) is 7.79. The van der Waals surface area contributed by atoms with Crippen LogP contribution in [-0.2, 0) is 21.2 Å². The predicted octanol–water partition coefficient (Wildman–Crippen LogP) is 1.87. The number of nitrogens with zero attached hydrogens (tertiary/aromatic N) is 4. The Morgan fingerprint density at radius 3 is 2.50 bits per heavy atom. The molecular weight excluding hydrogens is 506 g/mol. The monoisotopic (exact) mass is 533 g/mol. The van der Waals surface area contributed by atoms with E-state index in [1.807, 2.05) is 17.9 Å². The molecule has 0 bridgehead atoms. The van der Waals surface area contributed by atoms with Crippen LogP contribution >= 0.6 is 0 Å². The van der Waals surface area contributed by atoms with Crippen LogP contribution in [0, 0.1) is 5.41 Å². The molecule has 13 heteroatoms. The fourth-order valence-electron chi connectivity index (χ4n) is 4.04. The van der Waals surface area contributed by atoms with Crippen molar-refractivity contribution >= 4 is 33.1 Å². The fourth-order valence-corrected chi connectivity index (χ4v) is 4.80. The van der Waals surface area contributed by atoms with Gasteiger partial charge in [-0.15, -0.1) is 10.2 Å². The number of carbonyl (C=O) groups excluding carboxylic acids is 1. The highest BCUT2D eigenvalue weighted by Gasteiger charge is 2.21. The molecule has 0 radical (unpaired) electrons. The SMILES string of the molecule is CC(Cc1nn[nH]n1)N(CC(=O)Nc1ccc(-c2ccccc2S(N)(=O)=O)cc1)c1cccc(C(=N)N)c1. The van der Waals surface area contributed by atoms with E-state index in [1.54, 1.807) is 60.7 Å². The van der Waals surface area contributed by atoms with E-state index in [0.29, 0.717) is 40.3 Å². The van der Waals surface area contributed by atoms with Gasteiger partial charge in [0.05, 0.1) is 11.4 Å². The number of amidine groups is 1. The molecule has 0 aliphatic carbocycles. The highest BCUT2D eigenvalue weighted by atomic mass is 32.2. The highest BCUT2D eigenvalue weighted by molar-refractivity contribution is 7.89. The normalized spacial score (nSPS) is 12.1. The number of rotatable bonds is 10. The minimum Gasteiger partial charge on any atom is -0.384 e. The zero-order valence-electron chi connectivity index (χ0n) is 20.5. The van der Waals surface area contributed by atoms with Gasteiger partial charge < -0.3 is 16.0 Å². The third-order valence-corrected chi connectivity index (χ3v) is 6.84. The first kappa shape index (κ1) is 26.4.